The molecule has 0 radical (unpaired) electrons. The summed E-state index contributed by atoms with van der Waals surface area (Å²) in [6.45, 7) is 4.79. The van der Waals surface area contributed by atoms with Crippen LogP contribution in [0.3, 0.4) is 0 Å². The highest BCUT2D eigenvalue weighted by Gasteiger charge is 2.32. The first-order valence-electron chi connectivity index (χ1n) is 5.93. The van der Waals surface area contributed by atoms with Crippen molar-refractivity contribution in [3.8, 4) is 0 Å². The van der Waals surface area contributed by atoms with Crippen LogP contribution in [0.4, 0.5) is 0 Å². The fraction of sp³-hybridized carbons (Fsp3) is 0.500. The fourth-order valence-electron chi connectivity index (χ4n) is 2.34. The summed E-state index contributed by atoms with van der Waals surface area (Å²) in [6, 6.07) is 0. The first-order valence-corrected chi connectivity index (χ1v) is 7.16. The molecule has 0 aliphatic carbocycles. The molecule has 1 aliphatic rings. The van der Waals surface area contributed by atoms with Gasteiger partial charge in [-0.3, -0.25) is 9.78 Å². The van der Waals surface area contributed by atoms with Crippen molar-refractivity contribution >= 4 is 33.8 Å². The van der Waals surface area contributed by atoms with Crippen molar-refractivity contribution in [1.82, 2.24) is 9.97 Å². The monoisotopic (exact) mass is 282 g/mol. The van der Waals surface area contributed by atoms with E-state index in [4.69, 9.17) is 17.0 Å². The highest BCUT2D eigenvalue weighted by Crippen LogP contribution is 2.37. The van der Waals surface area contributed by atoms with Crippen molar-refractivity contribution in [1.29, 1.82) is 0 Å². The number of ether oxygens (including phenoxy) is 1. The van der Waals surface area contributed by atoms with Crippen LogP contribution in [-0.4, -0.2) is 15.6 Å². The predicted octanol–water partition coefficient (Wildman–Crippen LogP) is 2.89. The van der Waals surface area contributed by atoms with Gasteiger partial charge >= 0.3 is 0 Å². The Balaban J connectivity index is 2.28. The Morgan fingerprint density at radius 3 is 3.00 bits per heavy atom. The summed E-state index contributed by atoms with van der Waals surface area (Å²) < 4.78 is 6.28. The highest BCUT2D eigenvalue weighted by molar-refractivity contribution is 7.71. The molecular formula is C12H14N2O2S2. The third-order valence-electron chi connectivity index (χ3n) is 3.62. The highest BCUT2D eigenvalue weighted by atomic mass is 32.1. The van der Waals surface area contributed by atoms with Gasteiger partial charge < -0.3 is 9.72 Å². The van der Waals surface area contributed by atoms with Gasteiger partial charge in [-0.05, 0) is 31.1 Å². The molecule has 4 nitrogen and oxygen atoms in total. The molecule has 0 unspecified atom stereocenters. The molecule has 2 aromatic heterocycles. The average molecular weight is 282 g/mol. The summed E-state index contributed by atoms with van der Waals surface area (Å²) in [7, 11) is 0. The van der Waals surface area contributed by atoms with Gasteiger partial charge in [-0.25, -0.2) is 0 Å². The van der Waals surface area contributed by atoms with Crippen LogP contribution in [0, 0.1) is 4.77 Å². The van der Waals surface area contributed by atoms with Crippen LogP contribution in [0.25, 0.3) is 10.2 Å². The Bertz CT molecular complexity index is 728. The zero-order valence-corrected chi connectivity index (χ0v) is 11.9. The largest absolute Gasteiger partial charge is 0.369 e. The molecule has 6 heteroatoms. The number of hydrogen-bond donors (Lipinski definition) is 2. The second kappa shape index (κ2) is 4.01. The van der Waals surface area contributed by atoms with E-state index in [0.29, 0.717) is 11.4 Å². The molecule has 96 valence electrons. The van der Waals surface area contributed by atoms with Crippen molar-refractivity contribution in [2.45, 2.75) is 38.9 Å². The number of H-pyrrole nitrogens is 2. The lowest BCUT2D eigenvalue weighted by atomic mass is 9.90. The van der Waals surface area contributed by atoms with E-state index in [1.807, 2.05) is 0 Å². The first kappa shape index (κ1) is 12.1. The number of fused-ring (bicyclic) bond motifs is 3. The fourth-order valence-corrected chi connectivity index (χ4v) is 3.73. The molecule has 1 atom stereocenters. The smallest absolute Gasteiger partial charge is 0.260 e. The molecule has 0 aromatic carbocycles. The van der Waals surface area contributed by atoms with Crippen LogP contribution < -0.4 is 5.56 Å². The maximum Gasteiger partial charge on any atom is 0.260 e. The van der Waals surface area contributed by atoms with Crippen LogP contribution in [0.15, 0.2) is 4.79 Å². The van der Waals surface area contributed by atoms with Crippen molar-refractivity contribution in [2.24, 2.45) is 0 Å². The van der Waals surface area contributed by atoms with Crippen LogP contribution >= 0.6 is 23.6 Å². The lowest BCUT2D eigenvalue weighted by Gasteiger charge is -2.32. The first-order chi connectivity index (χ1) is 8.52. The van der Waals surface area contributed by atoms with Gasteiger partial charge in [0.05, 0.1) is 17.6 Å². The molecule has 2 N–H and O–H groups in total. The zero-order chi connectivity index (χ0) is 12.9. The van der Waals surface area contributed by atoms with Gasteiger partial charge in [0, 0.05) is 11.3 Å². The Hall–Kier alpha value is -0.980. The van der Waals surface area contributed by atoms with Gasteiger partial charge in [-0.2, -0.15) is 0 Å². The summed E-state index contributed by atoms with van der Waals surface area (Å²) in [5.74, 6) is 0. The molecule has 0 bridgehead atoms. The van der Waals surface area contributed by atoms with Crippen molar-refractivity contribution in [3.63, 3.8) is 0 Å². The maximum atomic E-state index is 12.1. The number of aromatic amines is 2. The molecule has 0 saturated heterocycles. The predicted molar refractivity (Wildman–Crippen MR) is 74.8 cm³/mol. The molecule has 0 amide bonds. The number of rotatable bonds is 1. The summed E-state index contributed by atoms with van der Waals surface area (Å²) in [4.78, 5) is 19.8. The van der Waals surface area contributed by atoms with E-state index in [0.717, 1.165) is 33.5 Å². The van der Waals surface area contributed by atoms with Gasteiger partial charge in [0.2, 0.25) is 0 Å². The number of aromatic nitrogens is 2. The molecule has 0 fully saturated rings. The SMILES string of the molecule is CC[C@@]1(C)Cc2c(sc3[nH]c(=S)[nH]c(=O)c23)CO1. The van der Waals surface area contributed by atoms with Gasteiger partial charge in [-0.15, -0.1) is 11.3 Å². The summed E-state index contributed by atoms with van der Waals surface area (Å²) in [6.07, 6.45) is 1.72. The maximum absolute atomic E-state index is 12.1. The van der Waals surface area contributed by atoms with Gasteiger partial charge in [0.1, 0.15) is 4.83 Å². The molecular weight excluding hydrogens is 268 g/mol. The Morgan fingerprint density at radius 2 is 2.28 bits per heavy atom. The number of thiophene rings is 1. The van der Waals surface area contributed by atoms with Crippen molar-refractivity contribution < 1.29 is 4.74 Å². The molecule has 3 heterocycles. The Morgan fingerprint density at radius 1 is 1.50 bits per heavy atom. The quantitative estimate of drug-likeness (QED) is 0.791. The van der Waals surface area contributed by atoms with Gasteiger partial charge in [0.15, 0.2) is 4.77 Å². The summed E-state index contributed by atoms with van der Waals surface area (Å²) in [5, 5.41) is 0.756. The summed E-state index contributed by atoms with van der Waals surface area (Å²) >= 11 is 6.57. The number of hydrogen-bond acceptors (Lipinski definition) is 4. The molecule has 1 aliphatic heterocycles. The minimum Gasteiger partial charge on any atom is -0.369 e. The topological polar surface area (TPSA) is 57.9 Å². The van der Waals surface area contributed by atoms with E-state index in [1.54, 1.807) is 11.3 Å². The molecule has 18 heavy (non-hydrogen) atoms. The zero-order valence-electron chi connectivity index (χ0n) is 10.3. The lowest BCUT2D eigenvalue weighted by molar-refractivity contribution is -0.0543. The minimum absolute atomic E-state index is 0.0911. The van der Waals surface area contributed by atoms with Crippen molar-refractivity contribution in [2.75, 3.05) is 0 Å². The minimum atomic E-state index is -0.167. The van der Waals surface area contributed by atoms with Gasteiger partial charge in [-0.1, -0.05) is 6.92 Å². The number of nitrogens with one attached hydrogen (secondary N) is 2. The third kappa shape index (κ3) is 1.75. The third-order valence-corrected chi connectivity index (χ3v) is 4.95. The van der Waals surface area contributed by atoms with Crippen molar-refractivity contribution in [3.05, 3.63) is 25.6 Å². The van der Waals surface area contributed by atoms with E-state index in [9.17, 15) is 4.79 Å². The van der Waals surface area contributed by atoms with Gasteiger partial charge in [0.25, 0.3) is 5.56 Å². The normalized spacial score (nSPS) is 23.2. The second-order valence-corrected chi connectivity index (χ2v) is 6.40. The molecule has 2 aromatic rings. The van der Waals surface area contributed by atoms with Crippen LogP contribution in [0.2, 0.25) is 0 Å². The van der Waals surface area contributed by atoms with Crippen LogP contribution in [-0.2, 0) is 17.8 Å². The van der Waals surface area contributed by atoms with Crippen LogP contribution in [0.5, 0.6) is 0 Å². The Labute approximate surface area is 113 Å². The lowest BCUT2D eigenvalue weighted by Crippen LogP contribution is -2.34. The molecule has 0 saturated carbocycles. The second-order valence-electron chi connectivity index (χ2n) is 4.89. The van der Waals surface area contributed by atoms with E-state index < -0.39 is 0 Å². The Kier molecular flexibility index (Phi) is 2.69. The average Bonchev–Trinajstić information content (AvgIpc) is 2.66. The summed E-state index contributed by atoms with van der Waals surface area (Å²) in [5.41, 5.74) is 0.866. The molecule has 3 rings (SSSR count). The van der Waals surface area contributed by atoms with E-state index >= 15 is 0 Å². The van der Waals surface area contributed by atoms with Crippen LogP contribution in [0.1, 0.15) is 30.7 Å². The standard InChI is InChI=1S/C12H14N2O2S2/c1-3-12(2)4-6-7(5-16-12)18-10-8(6)9(15)13-11(17)14-10/h3-5H2,1-2H3,(H2,13,14,15,17)/t12-/m0/s1. The van der Waals surface area contributed by atoms with E-state index in [1.165, 1.54) is 0 Å². The molecule has 0 spiro atoms. The van der Waals surface area contributed by atoms with E-state index in [2.05, 4.69) is 23.8 Å². The van der Waals surface area contributed by atoms with E-state index in [-0.39, 0.29) is 11.2 Å².